The number of nitrogens with one attached hydrogen (secondary N) is 2. The molecule has 1 aliphatic rings. The fourth-order valence-electron chi connectivity index (χ4n) is 4.80. The van der Waals surface area contributed by atoms with Crippen LogP contribution in [0, 0.1) is 5.92 Å². The summed E-state index contributed by atoms with van der Waals surface area (Å²) in [7, 11) is -2.17. The number of carboxylic acid groups (broad SMARTS) is 1. The summed E-state index contributed by atoms with van der Waals surface area (Å²) >= 11 is 0. The molecule has 3 N–H and O–H groups in total. The summed E-state index contributed by atoms with van der Waals surface area (Å²) in [6.45, 7) is 12.1. The molecule has 0 spiro atoms. The molecule has 1 aliphatic carbocycles. The number of H-pyrrole nitrogens is 1. The summed E-state index contributed by atoms with van der Waals surface area (Å²) in [5.41, 5.74) is 2.49. The van der Waals surface area contributed by atoms with Crippen LogP contribution in [0.4, 0.5) is 0 Å². The smallest absolute Gasteiger partial charge is 0.306 e. The van der Waals surface area contributed by atoms with Crippen molar-refractivity contribution in [2.24, 2.45) is 5.92 Å². The molecule has 1 fully saturated rings. The molecule has 204 valence electrons. The monoisotopic (exact) mass is 536 g/mol. The molecule has 8 heteroatoms. The Morgan fingerprint density at radius 2 is 1.84 bits per heavy atom. The van der Waals surface area contributed by atoms with E-state index in [1.165, 1.54) is 6.07 Å². The molecule has 3 aromatic rings. The second kappa shape index (κ2) is 11.4. The van der Waals surface area contributed by atoms with Crippen LogP contribution in [0.25, 0.3) is 10.9 Å². The third kappa shape index (κ3) is 6.54. The van der Waals surface area contributed by atoms with Crippen molar-refractivity contribution in [2.45, 2.75) is 76.9 Å². The van der Waals surface area contributed by atoms with Crippen LogP contribution < -0.4 is 15.6 Å². The summed E-state index contributed by atoms with van der Waals surface area (Å²) < 4.78 is 13.1. The van der Waals surface area contributed by atoms with Crippen molar-refractivity contribution in [3.05, 3.63) is 76.1 Å². The van der Waals surface area contributed by atoms with E-state index >= 15 is 0 Å². The van der Waals surface area contributed by atoms with E-state index < -0.39 is 14.3 Å². The molecule has 0 bridgehead atoms. The van der Waals surface area contributed by atoms with Gasteiger partial charge < -0.3 is 24.6 Å². The summed E-state index contributed by atoms with van der Waals surface area (Å²) in [4.78, 5) is 26.8. The van der Waals surface area contributed by atoms with Gasteiger partial charge in [0.05, 0.1) is 17.5 Å². The van der Waals surface area contributed by atoms with E-state index in [9.17, 15) is 14.7 Å². The van der Waals surface area contributed by atoms with Gasteiger partial charge in [0.2, 0.25) is 5.56 Å². The van der Waals surface area contributed by atoms with Gasteiger partial charge in [-0.2, -0.15) is 0 Å². The van der Waals surface area contributed by atoms with Gasteiger partial charge in [-0.15, -0.1) is 0 Å². The highest BCUT2D eigenvalue weighted by atomic mass is 28.4. The number of pyridine rings is 1. The van der Waals surface area contributed by atoms with Crippen molar-refractivity contribution in [1.82, 2.24) is 10.3 Å². The van der Waals surface area contributed by atoms with Crippen LogP contribution in [0.2, 0.25) is 18.1 Å². The molecule has 0 radical (unpaired) electrons. The highest BCUT2D eigenvalue weighted by Crippen LogP contribution is 2.41. The average molecular weight is 537 g/mol. The SMILES string of the molecule is CC(C)(C)[Si](C)(C)O[C@H](CN[C@H]1CC[C@@H](C(=O)O)C1)c1ccc(OCc2ccccc2)c2[nH]c(=O)ccc12. The van der Waals surface area contributed by atoms with Crippen molar-refractivity contribution in [1.29, 1.82) is 0 Å². The van der Waals surface area contributed by atoms with Crippen molar-refractivity contribution in [3.8, 4) is 5.75 Å². The van der Waals surface area contributed by atoms with E-state index in [0.717, 1.165) is 22.9 Å². The highest BCUT2D eigenvalue weighted by molar-refractivity contribution is 6.74. The first kappa shape index (κ1) is 28.1. The van der Waals surface area contributed by atoms with Gasteiger partial charge in [-0.05, 0) is 60.7 Å². The van der Waals surface area contributed by atoms with Crippen LogP contribution in [0.3, 0.4) is 0 Å². The molecule has 0 amide bonds. The summed E-state index contributed by atoms with van der Waals surface area (Å²) in [5.74, 6) is -0.395. The third-order valence-corrected chi connectivity index (χ3v) is 12.6. The number of aromatic nitrogens is 1. The molecule has 7 nitrogen and oxygen atoms in total. The van der Waals surface area contributed by atoms with E-state index in [2.05, 4.69) is 44.2 Å². The van der Waals surface area contributed by atoms with Crippen molar-refractivity contribution < 1.29 is 19.1 Å². The number of rotatable bonds is 10. The van der Waals surface area contributed by atoms with E-state index in [1.807, 2.05) is 48.5 Å². The average Bonchev–Trinajstić information content (AvgIpc) is 3.34. The first-order chi connectivity index (χ1) is 17.9. The molecule has 2 aromatic carbocycles. The van der Waals surface area contributed by atoms with Crippen LogP contribution in [0.15, 0.2) is 59.4 Å². The second-order valence-corrected chi connectivity index (χ2v) is 16.6. The first-order valence-corrected chi connectivity index (χ1v) is 16.3. The molecule has 1 heterocycles. The Labute approximate surface area is 225 Å². The Hall–Kier alpha value is -2.94. The predicted octanol–water partition coefficient (Wildman–Crippen LogP) is 6.01. The van der Waals surface area contributed by atoms with Gasteiger partial charge in [0.15, 0.2) is 8.32 Å². The van der Waals surface area contributed by atoms with E-state index in [0.29, 0.717) is 37.3 Å². The number of benzene rings is 2. The van der Waals surface area contributed by atoms with E-state index in [1.54, 1.807) is 0 Å². The lowest BCUT2D eigenvalue weighted by Gasteiger charge is -2.40. The number of carbonyl (C=O) groups is 1. The maximum Gasteiger partial charge on any atom is 0.306 e. The molecule has 4 rings (SSSR count). The zero-order valence-corrected chi connectivity index (χ0v) is 24.0. The standard InChI is InChI=1S/C30H40N2O5Si/c1-30(2,3)38(4,5)37-26(18-31-22-12-11-21(17-22)29(34)35)23-13-15-25(28-24(23)14-16-27(33)32-28)36-19-20-9-7-6-8-10-20/h6-10,13-16,21-22,26,31H,11-12,17-19H2,1-5H3,(H,32,33)(H,34,35)/t21-,22+,26-/m1/s1. The van der Waals surface area contributed by atoms with E-state index in [4.69, 9.17) is 9.16 Å². The molecule has 1 saturated carbocycles. The Morgan fingerprint density at radius 3 is 2.50 bits per heavy atom. The molecule has 0 aliphatic heterocycles. The summed E-state index contributed by atoms with van der Waals surface area (Å²) in [6, 6.07) is 17.4. The highest BCUT2D eigenvalue weighted by Gasteiger charge is 2.40. The number of hydrogen-bond donors (Lipinski definition) is 3. The van der Waals surface area contributed by atoms with Crippen LogP contribution in [0.5, 0.6) is 5.75 Å². The lowest BCUT2D eigenvalue weighted by molar-refractivity contribution is -0.141. The Morgan fingerprint density at radius 1 is 1.11 bits per heavy atom. The number of aromatic amines is 1. The lowest BCUT2D eigenvalue weighted by Crippen LogP contribution is -2.44. The largest absolute Gasteiger partial charge is 0.487 e. The van der Waals surface area contributed by atoms with Crippen LogP contribution in [0.1, 0.15) is 57.3 Å². The minimum atomic E-state index is -2.17. The predicted molar refractivity (Wildman–Crippen MR) is 153 cm³/mol. The van der Waals surface area contributed by atoms with Gasteiger partial charge in [-0.3, -0.25) is 9.59 Å². The van der Waals surface area contributed by atoms with E-state index in [-0.39, 0.29) is 28.7 Å². The molecular formula is C30H40N2O5Si. The van der Waals surface area contributed by atoms with Gasteiger partial charge in [-0.25, -0.2) is 0 Å². The fourth-order valence-corrected chi connectivity index (χ4v) is 6.07. The third-order valence-electron chi connectivity index (χ3n) is 8.09. The zero-order chi connectivity index (χ0) is 27.5. The van der Waals surface area contributed by atoms with Crippen LogP contribution in [-0.2, 0) is 15.8 Å². The molecule has 0 unspecified atom stereocenters. The Balaban J connectivity index is 1.66. The fraction of sp³-hybridized carbons (Fsp3) is 0.467. The number of hydrogen-bond acceptors (Lipinski definition) is 5. The van der Waals surface area contributed by atoms with Gasteiger partial charge in [-0.1, -0.05) is 57.2 Å². The normalized spacial score (nSPS) is 19.0. The van der Waals surface area contributed by atoms with Gasteiger partial charge in [0.1, 0.15) is 12.4 Å². The van der Waals surface area contributed by atoms with Crippen molar-refractivity contribution in [3.63, 3.8) is 0 Å². The topological polar surface area (TPSA) is 101 Å². The molecule has 3 atom stereocenters. The zero-order valence-electron chi connectivity index (χ0n) is 23.0. The van der Waals surface area contributed by atoms with Crippen molar-refractivity contribution >= 4 is 25.2 Å². The maximum atomic E-state index is 12.3. The quantitative estimate of drug-likeness (QED) is 0.274. The summed E-state index contributed by atoms with van der Waals surface area (Å²) in [5, 5.41) is 13.9. The maximum absolute atomic E-state index is 12.3. The van der Waals surface area contributed by atoms with Crippen LogP contribution >= 0.6 is 0 Å². The first-order valence-electron chi connectivity index (χ1n) is 13.4. The number of carboxylic acids is 1. The number of fused-ring (bicyclic) bond motifs is 1. The van der Waals surface area contributed by atoms with Gasteiger partial charge >= 0.3 is 5.97 Å². The molecule has 0 saturated heterocycles. The molecule has 38 heavy (non-hydrogen) atoms. The Bertz CT molecular complexity index is 1320. The number of ether oxygens (including phenoxy) is 1. The minimum Gasteiger partial charge on any atom is -0.487 e. The molecular weight excluding hydrogens is 496 g/mol. The van der Waals surface area contributed by atoms with Gasteiger partial charge in [0, 0.05) is 24.0 Å². The second-order valence-electron chi connectivity index (χ2n) is 11.9. The van der Waals surface area contributed by atoms with Gasteiger partial charge in [0.25, 0.3) is 0 Å². The molecule has 1 aromatic heterocycles. The summed E-state index contributed by atoms with van der Waals surface area (Å²) in [6.07, 6.45) is 1.89. The minimum absolute atomic E-state index is 0.00979. The van der Waals surface area contributed by atoms with Crippen molar-refractivity contribution in [2.75, 3.05) is 6.54 Å². The van der Waals surface area contributed by atoms with Crippen LogP contribution in [-0.4, -0.2) is 37.0 Å². The lowest BCUT2D eigenvalue weighted by atomic mass is 10.0. The Kier molecular flexibility index (Phi) is 8.45. The number of aliphatic carboxylic acids is 1.